The molecule has 0 fully saturated rings. The van der Waals surface area contributed by atoms with Crippen molar-refractivity contribution < 1.29 is 14.4 Å². The molecule has 0 unspecified atom stereocenters. The molecule has 6 nitrogen and oxygen atoms in total. The fourth-order valence-electron chi connectivity index (χ4n) is 2.06. The number of nitrogens with one attached hydrogen (secondary N) is 2. The van der Waals surface area contributed by atoms with Crippen LogP contribution in [0.15, 0.2) is 24.3 Å². The average Bonchev–Trinajstić information content (AvgIpc) is 2.57. The molecular formula is C17H24IN3O3. The van der Waals surface area contributed by atoms with Gasteiger partial charge >= 0.3 is 0 Å². The SMILES string of the molecule is CCCNC(=O)CN(CCC)C(=O)CNC(=O)c1ccccc1I. The molecule has 0 bridgehead atoms. The Balaban J connectivity index is 2.57. The van der Waals surface area contributed by atoms with Crippen LogP contribution >= 0.6 is 22.6 Å². The number of rotatable bonds is 9. The van der Waals surface area contributed by atoms with Crippen LogP contribution in [0.25, 0.3) is 0 Å². The van der Waals surface area contributed by atoms with Gasteiger partial charge in [-0.1, -0.05) is 26.0 Å². The molecule has 0 saturated carbocycles. The van der Waals surface area contributed by atoms with E-state index in [-0.39, 0.29) is 30.8 Å². The van der Waals surface area contributed by atoms with Crippen LogP contribution in [0, 0.1) is 3.57 Å². The predicted molar refractivity (Wildman–Crippen MR) is 102 cm³/mol. The number of carbonyl (C=O) groups is 3. The number of amides is 3. The van der Waals surface area contributed by atoms with E-state index in [0.717, 1.165) is 16.4 Å². The number of halogens is 1. The quantitative estimate of drug-likeness (QED) is 0.569. The minimum Gasteiger partial charge on any atom is -0.355 e. The molecule has 0 aliphatic heterocycles. The van der Waals surface area contributed by atoms with E-state index >= 15 is 0 Å². The Kier molecular flexibility index (Phi) is 9.36. The standard InChI is InChI=1S/C17H24IN3O3/c1-3-9-19-15(22)12-21(10-4-2)16(23)11-20-17(24)13-7-5-6-8-14(13)18/h5-8H,3-4,9-12H2,1-2H3,(H,19,22)(H,20,24). The van der Waals surface area contributed by atoms with Crippen LogP contribution in [-0.2, 0) is 9.59 Å². The highest BCUT2D eigenvalue weighted by Crippen LogP contribution is 2.10. The maximum atomic E-state index is 12.3. The zero-order valence-electron chi connectivity index (χ0n) is 14.1. The lowest BCUT2D eigenvalue weighted by Gasteiger charge is -2.21. The van der Waals surface area contributed by atoms with E-state index in [9.17, 15) is 14.4 Å². The molecule has 132 valence electrons. The Hall–Kier alpha value is -1.64. The van der Waals surface area contributed by atoms with Gasteiger partial charge in [0.2, 0.25) is 11.8 Å². The average molecular weight is 445 g/mol. The van der Waals surface area contributed by atoms with Crippen molar-refractivity contribution in [2.75, 3.05) is 26.2 Å². The molecule has 0 radical (unpaired) electrons. The number of nitrogens with zero attached hydrogens (tertiary/aromatic N) is 1. The normalized spacial score (nSPS) is 10.1. The van der Waals surface area contributed by atoms with Crippen molar-refractivity contribution in [3.8, 4) is 0 Å². The molecule has 0 heterocycles. The van der Waals surface area contributed by atoms with E-state index in [1.165, 1.54) is 4.90 Å². The Bertz CT molecular complexity index is 578. The summed E-state index contributed by atoms with van der Waals surface area (Å²) in [7, 11) is 0. The summed E-state index contributed by atoms with van der Waals surface area (Å²) in [5.74, 6) is -0.731. The molecule has 0 aliphatic carbocycles. The van der Waals surface area contributed by atoms with Crippen LogP contribution < -0.4 is 10.6 Å². The second kappa shape index (κ2) is 11.0. The van der Waals surface area contributed by atoms with Crippen molar-refractivity contribution >= 4 is 40.3 Å². The molecule has 3 amide bonds. The molecule has 24 heavy (non-hydrogen) atoms. The van der Waals surface area contributed by atoms with Crippen LogP contribution in [0.4, 0.5) is 0 Å². The van der Waals surface area contributed by atoms with Crippen LogP contribution in [-0.4, -0.2) is 48.8 Å². The summed E-state index contributed by atoms with van der Waals surface area (Å²) in [6.07, 6.45) is 1.59. The molecule has 0 aromatic heterocycles. The zero-order chi connectivity index (χ0) is 17.9. The van der Waals surface area contributed by atoms with Gasteiger partial charge in [-0.2, -0.15) is 0 Å². The second-order valence-corrected chi connectivity index (χ2v) is 6.49. The summed E-state index contributed by atoms with van der Waals surface area (Å²) in [4.78, 5) is 37.7. The number of hydrogen-bond donors (Lipinski definition) is 2. The molecule has 1 aromatic rings. The minimum absolute atomic E-state index is 0.0193. The fraction of sp³-hybridized carbons (Fsp3) is 0.471. The smallest absolute Gasteiger partial charge is 0.252 e. The summed E-state index contributed by atoms with van der Waals surface area (Å²) in [5.41, 5.74) is 0.536. The first kappa shape index (κ1) is 20.4. The molecule has 0 aliphatic rings. The Morgan fingerprint density at radius 2 is 1.79 bits per heavy atom. The van der Waals surface area contributed by atoms with Gasteiger partial charge in [-0.15, -0.1) is 0 Å². The maximum absolute atomic E-state index is 12.3. The highest BCUT2D eigenvalue weighted by Gasteiger charge is 2.17. The van der Waals surface area contributed by atoms with Gasteiger partial charge in [0.25, 0.3) is 5.91 Å². The molecule has 7 heteroatoms. The third-order valence-corrected chi connectivity index (χ3v) is 4.21. The first-order valence-corrected chi connectivity index (χ1v) is 9.14. The highest BCUT2D eigenvalue weighted by atomic mass is 127. The lowest BCUT2D eigenvalue weighted by molar-refractivity contribution is -0.135. The maximum Gasteiger partial charge on any atom is 0.252 e. The number of benzene rings is 1. The van der Waals surface area contributed by atoms with E-state index in [1.807, 2.05) is 26.0 Å². The van der Waals surface area contributed by atoms with Crippen LogP contribution in [0.1, 0.15) is 37.0 Å². The molecular weight excluding hydrogens is 421 g/mol. The molecule has 1 rings (SSSR count). The fourth-order valence-corrected chi connectivity index (χ4v) is 2.70. The van der Waals surface area contributed by atoms with Crippen molar-refractivity contribution in [2.45, 2.75) is 26.7 Å². The second-order valence-electron chi connectivity index (χ2n) is 5.33. The first-order chi connectivity index (χ1) is 11.5. The number of hydrogen-bond acceptors (Lipinski definition) is 3. The minimum atomic E-state index is -0.291. The monoisotopic (exact) mass is 445 g/mol. The van der Waals surface area contributed by atoms with Gasteiger partial charge in [-0.3, -0.25) is 14.4 Å². The van der Waals surface area contributed by atoms with Crippen molar-refractivity contribution in [2.24, 2.45) is 0 Å². The van der Waals surface area contributed by atoms with Gasteiger partial charge in [0.15, 0.2) is 0 Å². The lowest BCUT2D eigenvalue weighted by atomic mass is 10.2. The van der Waals surface area contributed by atoms with Gasteiger partial charge in [0.1, 0.15) is 0 Å². The Labute approximate surface area is 156 Å². The van der Waals surface area contributed by atoms with E-state index in [2.05, 4.69) is 33.2 Å². The summed E-state index contributed by atoms with van der Waals surface area (Å²) < 4.78 is 0.824. The summed E-state index contributed by atoms with van der Waals surface area (Å²) >= 11 is 2.08. The molecule has 1 aromatic carbocycles. The summed E-state index contributed by atoms with van der Waals surface area (Å²) in [5, 5.41) is 5.38. The Morgan fingerprint density at radius 3 is 2.42 bits per heavy atom. The van der Waals surface area contributed by atoms with Crippen LogP contribution in [0.5, 0.6) is 0 Å². The van der Waals surface area contributed by atoms with Gasteiger partial charge in [0, 0.05) is 16.7 Å². The van der Waals surface area contributed by atoms with E-state index in [0.29, 0.717) is 18.7 Å². The van der Waals surface area contributed by atoms with Gasteiger partial charge in [0.05, 0.1) is 18.7 Å². The largest absolute Gasteiger partial charge is 0.355 e. The van der Waals surface area contributed by atoms with E-state index in [4.69, 9.17) is 0 Å². The number of carbonyl (C=O) groups excluding carboxylic acids is 3. The van der Waals surface area contributed by atoms with Gasteiger partial charge < -0.3 is 15.5 Å². The summed E-state index contributed by atoms with van der Waals surface area (Å²) in [6.45, 7) is 4.88. The predicted octanol–water partition coefficient (Wildman–Crippen LogP) is 1.79. The molecule has 0 atom stereocenters. The topological polar surface area (TPSA) is 78.5 Å². The molecule has 2 N–H and O–H groups in total. The van der Waals surface area contributed by atoms with Crippen LogP contribution in [0.2, 0.25) is 0 Å². The van der Waals surface area contributed by atoms with Crippen molar-refractivity contribution in [3.63, 3.8) is 0 Å². The third kappa shape index (κ3) is 6.86. The molecule has 0 spiro atoms. The molecule has 0 saturated heterocycles. The van der Waals surface area contributed by atoms with Crippen molar-refractivity contribution in [3.05, 3.63) is 33.4 Å². The first-order valence-electron chi connectivity index (χ1n) is 8.06. The van der Waals surface area contributed by atoms with Crippen molar-refractivity contribution in [1.29, 1.82) is 0 Å². The van der Waals surface area contributed by atoms with Gasteiger partial charge in [-0.25, -0.2) is 0 Å². The van der Waals surface area contributed by atoms with Gasteiger partial charge in [-0.05, 0) is 47.6 Å². The third-order valence-electron chi connectivity index (χ3n) is 3.27. The van der Waals surface area contributed by atoms with E-state index < -0.39 is 0 Å². The van der Waals surface area contributed by atoms with Crippen LogP contribution in [0.3, 0.4) is 0 Å². The summed E-state index contributed by atoms with van der Waals surface area (Å²) in [6, 6.07) is 7.17. The lowest BCUT2D eigenvalue weighted by Crippen LogP contribution is -2.45. The highest BCUT2D eigenvalue weighted by molar-refractivity contribution is 14.1. The zero-order valence-corrected chi connectivity index (χ0v) is 16.3. The van der Waals surface area contributed by atoms with Crippen molar-refractivity contribution in [1.82, 2.24) is 15.5 Å². The van der Waals surface area contributed by atoms with E-state index in [1.54, 1.807) is 12.1 Å². The Morgan fingerprint density at radius 1 is 1.08 bits per heavy atom.